The van der Waals surface area contributed by atoms with Crippen molar-refractivity contribution in [2.75, 3.05) is 19.6 Å². The quantitative estimate of drug-likeness (QED) is 0.692. The molecule has 0 saturated carbocycles. The molecule has 2 amide bonds. The number of carbonyl (C=O) groups is 2. The highest BCUT2D eigenvalue weighted by atomic mass is 19.1. The highest BCUT2D eigenvalue weighted by Gasteiger charge is 2.47. The lowest BCUT2D eigenvalue weighted by atomic mass is 9.78. The first-order chi connectivity index (χ1) is 14.7. The molecule has 2 aromatic carbocycles. The van der Waals surface area contributed by atoms with Crippen molar-refractivity contribution in [3.63, 3.8) is 0 Å². The van der Waals surface area contributed by atoms with Gasteiger partial charge in [0.1, 0.15) is 5.82 Å². The minimum atomic E-state index is -0.773. The topological polar surface area (TPSA) is 49.4 Å². The van der Waals surface area contributed by atoms with Crippen LogP contribution in [0.25, 0.3) is 11.1 Å². The molecule has 4 nitrogen and oxygen atoms in total. The highest BCUT2D eigenvalue weighted by Crippen LogP contribution is 2.39. The Bertz CT molecular complexity index is 979. The van der Waals surface area contributed by atoms with Crippen molar-refractivity contribution >= 4 is 11.8 Å². The fourth-order valence-electron chi connectivity index (χ4n) is 4.26. The average molecular weight is 423 g/mol. The van der Waals surface area contributed by atoms with E-state index in [9.17, 15) is 14.0 Å². The van der Waals surface area contributed by atoms with E-state index in [0.717, 1.165) is 11.1 Å². The number of nitrogens with one attached hydrogen (secondary N) is 1. The lowest BCUT2D eigenvalue weighted by molar-refractivity contribution is -0.139. The number of amides is 2. The lowest BCUT2D eigenvalue weighted by Crippen LogP contribution is -2.46. The molecule has 1 N–H and O–H groups in total. The lowest BCUT2D eigenvalue weighted by Gasteiger charge is -2.31. The van der Waals surface area contributed by atoms with Crippen LogP contribution in [0, 0.1) is 16.6 Å². The number of benzene rings is 2. The second-order valence-corrected chi connectivity index (χ2v) is 9.32. The molecule has 1 aliphatic rings. The minimum absolute atomic E-state index is 0.0354. The zero-order chi connectivity index (χ0) is 22.6. The Morgan fingerprint density at radius 2 is 1.77 bits per heavy atom. The fourth-order valence-corrected chi connectivity index (χ4v) is 4.26. The molecule has 1 fully saturated rings. The van der Waals surface area contributed by atoms with Gasteiger partial charge in [-0.25, -0.2) is 4.39 Å². The van der Waals surface area contributed by atoms with Gasteiger partial charge in [0.15, 0.2) is 0 Å². The van der Waals surface area contributed by atoms with E-state index in [1.807, 2.05) is 45.0 Å². The van der Waals surface area contributed by atoms with Gasteiger partial charge in [0.2, 0.25) is 11.8 Å². The van der Waals surface area contributed by atoms with Gasteiger partial charge >= 0.3 is 0 Å². The maximum Gasteiger partial charge on any atom is 0.228 e. The van der Waals surface area contributed by atoms with E-state index >= 15 is 0 Å². The number of likely N-dealkylation sites (tertiary alicyclic amines) is 1. The van der Waals surface area contributed by atoms with Crippen LogP contribution in [-0.4, -0.2) is 36.3 Å². The number of nitrogens with zero attached hydrogens (tertiary/aromatic N) is 1. The zero-order valence-electron chi connectivity index (χ0n) is 18.6. The summed E-state index contributed by atoms with van der Waals surface area (Å²) in [6, 6.07) is 14.3. The Morgan fingerprint density at radius 3 is 2.42 bits per heavy atom. The molecular weight excluding hydrogens is 391 g/mol. The number of hydrogen-bond donors (Lipinski definition) is 1. The van der Waals surface area contributed by atoms with E-state index in [1.54, 1.807) is 29.2 Å². The largest absolute Gasteiger partial charge is 0.352 e. The summed E-state index contributed by atoms with van der Waals surface area (Å²) in [5.41, 5.74) is 0.896. The number of hydrogen-bond acceptors (Lipinski definition) is 2. The Morgan fingerprint density at radius 1 is 1.13 bits per heavy atom. The van der Waals surface area contributed by atoms with Crippen LogP contribution >= 0.6 is 0 Å². The van der Waals surface area contributed by atoms with E-state index in [0.29, 0.717) is 38.0 Å². The molecule has 1 atom stereocenters. The molecule has 1 saturated heterocycles. The van der Waals surface area contributed by atoms with Gasteiger partial charge in [-0.1, -0.05) is 69.3 Å². The smallest absolute Gasteiger partial charge is 0.228 e. The van der Waals surface area contributed by atoms with Gasteiger partial charge in [-0.15, -0.1) is 6.58 Å². The first-order valence-corrected chi connectivity index (χ1v) is 10.7. The minimum Gasteiger partial charge on any atom is -0.352 e. The van der Waals surface area contributed by atoms with Crippen LogP contribution in [0.5, 0.6) is 0 Å². The number of rotatable bonds is 6. The third-order valence-electron chi connectivity index (χ3n) is 5.88. The van der Waals surface area contributed by atoms with E-state index in [1.165, 1.54) is 6.07 Å². The molecule has 31 heavy (non-hydrogen) atoms. The summed E-state index contributed by atoms with van der Waals surface area (Å²) in [7, 11) is 0. The Balaban J connectivity index is 1.98. The second-order valence-electron chi connectivity index (χ2n) is 9.32. The predicted octanol–water partition coefficient (Wildman–Crippen LogP) is 4.60. The summed E-state index contributed by atoms with van der Waals surface area (Å²) < 4.78 is 14.5. The Hall–Kier alpha value is -2.95. The molecule has 0 aromatic heterocycles. The first kappa shape index (κ1) is 22.7. The summed E-state index contributed by atoms with van der Waals surface area (Å²) in [5.74, 6) is -0.357. The van der Waals surface area contributed by atoms with Crippen LogP contribution in [0.4, 0.5) is 4.39 Å². The Kier molecular flexibility index (Phi) is 6.63. The van der Waals surface area contributed by atoms with Gasteiger partial charge in [0.05, 0.1) is 5.41 Å². The van der Waals surface area contributed by atoms with E-state index < -0.39 is 10.8 Å². The monoisotopic (exact) mass is 422 g/mol. The van der Waals surface area contributed by atoms with Crippen molar-refractivity contribution < 1.29 is 14.0 Å². The highest BCUT2D eigenvalue weighted by molar-refractivity contribution is 5.87. The molecule has 3 rings (SSSR count). The third-order valence-corrected chi connectivity index (χ3v) is 5.88. The molecule has 1 aliphatic heterocycles. The fraction of sp³-hybridized carbons (Fsp3) is 0.385. The number of halogens is 1. The van der Waals surface area contributed by atoms with E-state index in [4.69, 9.17) is 0 Å². The molecule has 0 radical (unpaired) electrons. The molecule has 164 valence electrons. The molecule has 0 spiro atoms. The molecule has 0 bridgehead atoms. The van der Waals surface area contributed by atoms with E-state index in [-0.39, 0.29) is 17.6 Å². The molecule has 2 aromatic rings. The van der Waals surface area contributed by atoms with Crippen LogP contribution < -0.4 is 5.32 Å². The average Bonchev–Trinajstić information content (AvgIpc) is 3.17. The molecular formula is C26H31FN2O2. The SMILES string of the molecule is C=CCNC(=O)[C@]1(Cc2ccccc2-c2ccccc2F)CCN(C(=O)C(C)(C)C)C1. The van der Waals surface area contributed by atoms with Crippen LogP contribution in [0.1, 0.15) is 32.8 Å². The standard InChI is InChI=1S/C26H31FN2O2/c1-5-15-28-23(30)26(14-16-29(18-26)24(31)25(2,3)4)17-19-10-6-7-11-20(19)21-12-8-9-13-22(21)27/h5-13H,1,14-18H2,2-4H3,(H,28,30)/t26-/m0/s1. The maximum atomic E-state index is 14.5. The van der Waals surface area contributed by atoms with Crippen molar-refractivity contribution in [3.05, 3.63) is 72.6 Å². The summed E-state index contributed by atoms with van der Waals surface area (Å²) in [5, 5.41) is 2.94. The first-order valence-electron chi connectivity index (χ1n) is 10.7. The summed E-state index contributed by atoms with van der Waals surface area (Å²) in [6.45, 7) is 10.6. The number of carbonyl (C=O) groups excluding carboxylic acids is 2. The normalized spacial score (nSPS) is 18.6. The van der Waals surface area contributed by atoms with Gasteiger partial charge in [0.25, 0.3) is 0 Å². The van der Waals surface area contributed by atoms with Crippen molar-refractivity contribution in [1.29, 1.82) is 0 Å². The maximum absolute atomic E-state index is 14.5. The molecule has 0 aliphatic carbocycles. The van der Waals surface area contributed by atoms with Crippen LogP contribution in [0.15, 0.2) is 61.2 Å². The van der Waals surface area contributed by atoms with Crippen molar-refractivity contribution in [2.24, 2.45) is 10.8 Å². The summed E-state index contributed by atoms with van der Waals surface area (Å²) in [6.07, 6.45) is 2.63. The van der Waals surface area contributed by atoms with Crippen molar-refractivity contribution in [1.82, 2.24) is 10.2 Å². The van der Waals surface area contributed by atoms with Gasteiger partial charge in [-0.3, -0.25) is 9.59 Å². The third kappa shape index (κ3) is 4.87. The van der Waals surface area contributed by atoms with Gasteiger partial charge in [-0.2, -0.15) is 0 Å². The Labute approximate surface area is 184 Å². The molecule has 0 unspecified atom stereocenters. The van der Waals surface area contributed by atoms with Crippen molar-refractivity contribution in [3.8, 4) is 11.1 Å². The van der Waals surface area contributed by atoms with Gasteiger partial charge in [-0.05, 0) is 30.0 Å². The second kappa shape index (κ2) is 9.04. The van der Waals surface area contributed by atoms with Gasteiger partial charge < -0.3 is 10.2 Å². The summed E-state index contributed by atoms with van der Waals surface area (Å²) in [4.78, 5) is 28.0. The van der Waals surface area contributed by atoms with Crippen LogP contribution in [0.2, 0.25) is 0 Å². The van der Waals surface area contributed by atoms with Crippen LogP contribution in [0.3, 0.4) is 0 Å². The van der Waals surface area contributed by atoms with E-state index in [2.05, 4.69) is 11.9 Å². The van der Waals surface area contributed by atoms with Crippen LogP contribution in [-0.2, 0) is 16.0 Å². The molecule has 1 heterocycles. The zero-order valence-corrected chi connectivity index (χ0v) is 18.6. The van der Waals surface area contributed by atoms with Gasteiger partial charge in [0, 0.05) is 30.6 Å². The predicted molar refractivity (Wildman–Crippen MR) is 122 cm³/mol. The van der Waals surface area contributed by atoms with Crippen molar-refractivity contribution in [2.45, 2.75) is 33.6 Å². The molecule has 5 heteroatoms. The summed E-state index contributed by atoms with van der Waals surface area (Å²) >= 11 is 0.